The number of carbonyl (C=O) groups excluding carboxylic acids is 1. The zero-order valence-electron chi connectivity index (χ0n) is 11.9. The Kier molecular flexibility index (Phi) is 3.43. The Morgan fingerprint density at radius 1 is 1.33 bits per heavy atom. The highest BCUT2D eigenvalue weighted by atomic mass is 19.3. The Labute approximate surface area is 121 Å². The lowest BCUT2D eigenvalue weighted by molar-refractivity contribution is -0.0915. The molecule has 1 aliphatic carbocycles. The van der Waals surface area contributed by atoms with Crippen LogP contribution in [-0.4, -0.2) is 34.8 Å². The first-order valence-electron chi connectivity index (χ1n) is 7.21. The first-order valence-corrected chi connectivity index (χ1v) is 7.21. The van der Waals surface area contributed by atoms with E-state index in [0.29, 0.717) is 18.4 Å². The largest absolute Gasteiger partial charge is 0.361 e. The SMILES string of the molecule is CN(C(=O)c1ccc2[nH]ccc2c1)C1CCCCC1(F)F. The van der Waals surface area contributed by atoms with Crippen LogP contribution >= 0.6 is 0 Å². The molecule has 1 aromatic carbocycles. The molecule has 1 heterocycles. The van der Waals surface area contributed by atoms with Gasteiger partial charge in [0.05, 0.1) is 6.04 Å². The second-order valence-corrected chi connectivity index (χ2v) is 5.72. The van der Waals surface area contributed by atoms with E-state index in [1.54, 1.807) is 24.4 Å². The van der Waals surface area contributed by atoms with Gasteiger partial charge in [-0.2, -0.15) is 0 Å². The lowest BCUT2D eigenvalue weighted by Crippen LogP contribution is -2.50. The molecule has 21 heavy (non-hydrogen) atoms. The second-order valence-electron chi connectivity index (χ2n) is 5.72. The van der Waals surface area contributed by atoms with Gasteiger partial charge in [0, 0.05) is 36.1 Å². The average molecular weight is 292 g/mol. The fraction of sp³-hybridized carbons (Fsp3) is 0.438. The second kappa shape index (κ2) is 5.13. The molecule has 1 aromatic heterocycles. The highest BCUT2D eigenvalue weighted by molar-refractivity contribution is 5.98. The summed E-state index contributed by atoms with van der Waals surface area (Å²) < 4.78 is 28.0. The number of carbonyl (C=O) groups is 1. The van der Waals surface area contributed by atoms with Gasteiger partial charge in [0.2, 0.25) is 0 Å². The van der Waals surface area contributed by atoms with Gasteiger partial charge in [-0.1, -0.05) is 6.42 Å². The summed E-state index contributed by atoms with van der Waals surface area (Å²) in [5.74, 6) is -3.13. The molecule has 0 bridgehead atoms. The van der Waals surface area contributed by atoms with E-state index in [9.17, 15) is 13.6 Å². The lowest BCUT2D eigenvalue weighted by Gasteiger charge is -2.37. The molecule has 0 saturated heterocycles. The molecule has 1 N–H and O–H groups in total. The van der Waals surface area contributed by atoms with Crippen LogP contribution in [0, 0.1) is 0 Å². The van der Waals surface area contributed by atoms with E-state index in [2.05, 4.69) is 4.98 Å². The third kappa shape index (κ3) is 2.52. The van der Waals surface area contributed by atoms with Gasteiger partial charge >= 0.3 is 0 Å². The predicted octanol–water partition coefficient (Wildman–Crippen LogP) is 3.82. The summed E-state index contributed by atoms with van der Waals surface area (Å²) in [6.07, 6.45) is 3.29. The van der Waals surface area contributed by atoms with Gasteiger partial charge in [-0.15, -0.1) is 0 Å². The van der Waals surface area contributed by atoms with Crippen LogP contribution in [0.3, 0.4) is 0 Å². The van der Waals surface area contributed by atoms with Crippen molar-refractivity contribution in [1.82, 2.24) is 9.88 Å². The van der Waals surface area contributed by atoms with Crippen LogP contribution in [0.2, 0.25) is 0 Å². The van der Waals surface area contributed by atoms with Crippen molar-refractivity contribution in [2.45, 2.75) is 37.6 Å². The Hall–Kier alpha value is -1.91. The molecule has 0 spiro atoms. The summed E-state index contributed by atoms with van der Waals surface area (Å²) in [6, 6.07) is 6.08. The molecule has 0 aliphatic heterocycles. The highest BCUT2D eigenvalue weighted by Gasteiger charge is 2.45. The standard InChI is InChI=1S/C16H18F2N2O/c1-20(14-4-2-3-8-16(14,17)18)15(21)12-5-6-13-11(10-12)7-9-19-13/h5-7,9-10,14,19H,2-4,8H2,1H3. The van der Waals surface area contributed by atoms with Crippen LogP contribution in [0.25, 0.3) is 10.9 Å². The van der Waals surface area contributed by atoms with Gasteiger partial charge in [0.25, 0.3) is 11.8 Å². The minimum absolute atomic E-state index is 0.133. The molecule has 1 unspecified atom stereocenters. The summed E-state index contributed by atoms with van der Waals surface area (Å²) in [7, 11) is 1.48. The van der Waals surface area contributed by atoms with Crippen LogP contribution in [-0.2, 0) is 0 Å². The number of H-pyrrole nitrogens is 1. The van der Waals surface area contributed by atoms with Crippen molar-refractivity contribution < 1.29 is 13.6 Å². The van der Waals surface area contributed by atoms with Crippen molar-refractivity contribution >= 4 is 16.8 Å². The number of aromatic amines is 1. The van der Waals surface area contributed by atoms with Crippen LogP contribution in [0.15, 0.2) is 30.5 Å². The monoisotopic (exact) mass is 292 g/mol. The zero-order chi connectivity index (χ0) is 15.0. The maximum absolute atomic E-state index is 14.0. The van der Waals surface area contributed by atoms with Gasteiger partial charge in [-0.05, 0) is 37.1 Å². The van der Waals surface area contributed by atoms with Gasteiger partial charge in [0.1, 0.15) is 0 Å². The Bertz CT molecular complexity index is 665. The minimum atomic E-state index is -2.79. The van der Waals surface area contributed by atoms with Crippen molar-refractivity contribution in [1.29, 1.82) is 0 Å². The molecule has 1 atom stereocenters. The molecule has 1 amide bonds. The summed E-state index contributed by atoms with van der Waals surface area (Å²) >= 11 is 0. The molecule has 1 fully saturated rings. The number of rotatable bonds is 2. The quantitative estimate of drug-likeness (QED) is 0.897. The van der Waals surface area contributed by atoms with Crippen molar-refractivity contribution in [3.8, 4) is 0 Å². The maximum atomic E-state index is 14.0. The summed E-state index contributed by atoms with van der Waals surface area (Å²) in [4.78, 5) is 16.7. The highest BCUT2D eigenvalue weighted by Crippen LogP contribution is 2.36. The Morgan fingerprint density at radius 2 is 2.14 bits per heavy atom. The minimum Gasteiger partial charge on any atom is -0.361 e. The van der Waals surface area contributed by atoms with E-state index >= 15 is 0 Å². The van der Waals surface area contributed by atoms with E-state index in [0.717, 1.165) is 17.3 Å². The van der Waals surface area contributed by atoms with Crippen LogP contribution < -0.4 is 0 Å². The number of halogens is 2. The van der Waals surface area contributed by atoms with Crippen LogP contribution in [0.5, 0.6) is 0 Å². The van der Waals surface area contributed by atoms with E-state index < -0.39 is 12.0 Å². The number of benzene rings is 1. The molecule has 112 valence electrons. The number of aromatic nitrogens is 1. The number of amides is 1. The van der Waals surface area contributed by atoms with E-state index in [1.165, 1.54) is 11.9 Å². The third-order valence-electron chi connectivity index (χ3n) is 4.31. The number of hydrogen-bond acceptors (Lipinski definition) is 1. The van der Waals surface area contributed by atoms with Gasteiger partial charge in [-0.25, -0.2) is 8.78 Å². The van der Waals surface area contributed by atoms with Gasteiger partial charge in [-0.3, -0.25) is 4.79 Å². The van der Waals surface area contributed by atoms with Crippen LogP contribution in [0.4, 0.5) is 8.78 Å². The number of fused-ring (bicyclic) bond motifs is 1. The molecule has 1 aliphatic rings. The molecule has 5 heteroatoms. The van der Waals surface area contributed by atoms with E-state index in [4.69, 9.17) is 0 Å². The van der Waals surface area contributed by atoms with E-state index in [-0.39, 0.29) is 12.3 Å². The predicted molar refractivity (Wildman–Crippen MR) is 77.6 cm³/mol. The van der Waals surface area contributed by atoms with Crippen LogP contribution in [0.1, 0.15) is 36.0 Å². The van der Waals surface area contributed by atoms with Crippen molar-refractivity contribution in [2.24, 2.45) is 0 Å². The fourth-order valence-electron chi connectivity index (χ4n) is 3.08. The molecule has 3 nitrogen and oxygen atoms in total. The molecule has 3 rings (SSSR count). The lowest BCUT2D eigenvalue weighted by atomic mass is 9.90. The number of alkyl halides is 2. The smallest absolute Gasteiger partial charge is 0.268 e. The fourth-order valence-corrected chi connectivity index (χ4v) is 3.08. The number of nitrogens with one attached hydrogen (secondary N) is 1. The van der Waals surface area contributed by atoms with Crippen molar-refractivity contribution in [3.63, 3.8) is 0 Å². The molecular weight excluding hydrogens is 274 g/mol. The van der Waals surface area contributed by atoms with Crippen molar-refractivity contribution in [3.05, 3.63) is 36.0 Å². The number of hydrogen-bond donors (Lipinski definition) is 1. The Morgan fingerprint density at radius 3 is 2.90 bits per heavy atom. The van der Waals surface area contributed by atoms with Crippen molar-refractivity contribution in [2.75, 3.05) is 7.05 Å². The first kappa shape index (κ1) is 14.0. The van der Waals surface area contributed by atoms with Gasteiger partial charge in [0.15, 0.2) is 0 Å². The summed E-state index contributed by atoms with van der Waals surface area (Å²) in [6.45, 7) is 0. The maximum Gasteiger partial charge on any atom is 0.268 e. The van der Waals surface area contributed by atoms with Gasteiger partial charge < -0.3 is 9.88 Å². The third-order valence-corrected chi connectivity index (χ3v) is 4.31. The Balaban J connectivity index is 1.86. The number of nitrogens with zero attached hydrogens (tertiary/aromatic N) is 1. The first-order chi connectivity index (χ1) is 9.99. The molecular formula is C16H18F2N2O. The zero-order valence-corrected chi connectivity index (χ0v) is 11.9. The van der Waals surface area contributed by atoms with E-state index in [1.807, 2.05) is 6.07 Å². The summed E-state index contributed by atoms with van der Waals surface area (Å²) in [5, 5.41) is 0.907. The molecule has 0 radical (unpaired) electrons. The molecule has 1 saturated carbocycles. The normalized spacial score (nSPS) is 21.4. The molecule has 2 aromatic rings. The average Bonchev–Trinajstić information content (AvgIpc) is 2.92. The summed E-state index contributed by atoms with van der Waals surface area (Å²) in [5.41, 5.74) is 1.38. The topological polar surface area (TPSA) is 36.1 Å².